The average molecular weight is 434 g/mol. The Labute approximate surface area is 146 Å². The monoisotopic (exact) mass is 436 g/mol. The number of rotatable bonds is 3. The van der Waals surface area contributed by atoms with Crippen molar-refractivity contribution < 1.29 is 9.53 Å². The van der Waals surface area contributed by atoms with Gasteiger partial charge in [-0.1, -0.05) is 0 Å². The predicted octanol–water partition coefficient (Wildman–Crippen LogP) is 4.00. The fourth-order valence-electron chi connectivity index (χ4n) is 2.86. The molecule has 0 fully saturated rings. The molecule has 0 radical (unpaired) electrons. The molecule has 0 saturated carbocycles. The summed E-state index contributed by atoms with van der Waals surface area (Å²) in [6.45, 7) is 4.47. The topological polar surface area (TPSA) is 26.3 Å². The van der Waals surface area contributed by atoms with Gasteiger partial charge in [-0.3, -0.25) is 0 Å². The Morgan fingerprint density at radius 1 is 0.957 bits per heavy atom. The van der Waals surface area contributed by atoms with Gasteiger partial charge in [-0.15, -0.1) is 0 Å². The summed E-state index contributed by atoms with van der Waals surface area (Å²) in [5, 5.41) is 2.81. The molecule has 0 unspecified atom stereocenters. The van der Waals surface area contributed by atoms with Gasteiger partial charge in [0.2, 0.25) is 0 Å². The van der Waals surface area contributed by atoms with Crippen LogP contribution in [0, 0.1) is 0 Å². The van der Waals surface area contributed by atoms with E-state index >= 15 is 0 Å². The second-order valence-electron chi connectivity index (χ2n) is 5.48. The van der Waals surface area contributed by atoms with Crippen LogP contribution in [0.15, 0.2) is 36.4 Å². The van der Waals surface area contributed by atoms with E-state index < -0.39 is 0 Å². The number of esters is 1. The van der Waals surface area contributed by atoms with Gasteiger partial charge < -0.3 is 0 Å². The van der Waals surface area contributed by atoms with Gasteiger partial charge in [0.1, 0.15) is 0 Å². The van der Waals surface area contributed by atoms with E-state index in [0.29, 0.717) is 41.2 Å². The molecular weight excluding hydrogens is 418 g/mol. The Hall–Kier alpha value is -1.31. The Kier molecular flexibility index (Phi) is 3.95. The molecule has 4 heteroatoms. The molecule has 4 aromatic rings. The fourth-order valence-corrected chi connectivity index (χ4v) is 9.41. The van der Waals surface area contributed by atoms with Crippen molar-refractivity contribution >= 4 is 62.8 Å². The van der Waals surface area contributed by atoms with E-state index in [-0.39, 0.29) is 5.97 Å². The van der Waals surface area contributed by atoms with Crippen molar-refractivity contribution in [3.63, 3.8) is 0 Å². The van der Waals surface area contributed by atoms with E-state index in [9.17, 15) is 4.79 Å². The first-order valence-corrected chi connectivity index (χ1v) is 11.2. The zero-order valence-electron chi connectivity index (χ0n) is 13.0. The number of benzene rings is 2. The molecule has 23 heavy (non-hydrogen) atoms. The van der Waals surface area contributed by atoms with Crippen LogP contribution in [0.1, 0.15) is 29.8 Å². The van der Waals surface area contributed by atoms with Crippen LogP contribution >= 0.6 is 0 Å². The summed E-state index contributed by atoms with van der Waals surface area (Å²) in [5.41, 5.74) is 2.11. The maximum absolute atomic E-state index is 11.9. The normalized spacial score (nSPS) is 11.6. The van der Waals surface area contributed by atoms with E-state index in [1.54, 1.807) is 0 Å². The summed E-state index contributed by atoms with van der Waals surface area (Å²) in [6.07, 6.45) is 1.10. The number of carbonyl (C=O) groups is 1. The molecule has 116 valence electrons. The van der Waals surface area contributed by atoms with Gasteiger partial charge in [0.05, 0.1) is 0 Å². The Morgan fingerprint density at radius 2 is 1.61 bits per heavy atom. The molecule has 0 aliphatic rings. The molecule has 0 amide bonds. The van der Waals surface area contributed by atoms with Gasteiger partial charge >= 0.3 is 147 Å². The van der Waals surface area contributed by atoms with Gasteiger partial charge in [-0.25, -0.2) is 0 Å². The first kappa shape index (κ1) is 15.2. The molecule has 0 aliphatic carbocycles. The molecule has 0 saturated heterocycles. The van der Waals surface area contributed by atoms with Gasteiger partial charge in [0.15, 0.2) is 0 Å². The van der Waals surface area contributed by atoms with Crippen molar-refractivity contribution in [3.8, 4) is 0 Å². The maximum atomic E-state index is 11.9. The predicted molar refractivity (Wildman–Crippen MR) is 98.2 cm³/mol. The minimum absolute atomic E-state index is 0.211. The van der Waals surface area contributed by atoms with E-state index in [2.05, 4.69) is 31.2 Å². The minimum atomic E-state index is -0.211. The Morgan fingerprint density at radius 3 is 2.26 bits per heavy atom. The third-order valence-corrected chi connectivity index (χ3v) is 9.70. The van der Waals surface area contributed by atoms with Crippen molar-refractivity contribution in [2.45, 2.75) is 20.3 Å². The zero-order valence-corrected chi connectivity index (χ0v) is 16.4. The standard InChI is InChI=1S/C19H16O2Se2/c1-3-11-5-7-13-15(9-11)22-18-14-8-6-12(19(20)21-4-2)10-16(14)23-17(13)18/h5-10H,3-4H2,1-2H3. The van der Waals surface area contributed by atoms with E-state index in [0.717, 1.165) is 6.42 Å². The van der Waals surface area contributed by atoms with E-state index in [1.165, 1.54) is 33.4 Å². The molecule has 0 aliphatic heterocycles. The second-order valence-corrected chi connectivity index (χ2v) is 9.89. The van der Waals surface area contributed by atoms with Crippen LogP contribution < -0.4 is 0 Å². The number of fused-ring (bicyclic) bond motifs is 5. The number of hydrogen-bond donors (Lipinski definition) is 0. The van der Waals surface area contributed by atoms with Crippen molar-refractivity contribution in [2.24, 2.45) is 0 Å². The number of aryl methyl sites for hydroxylation is 1. The van der Waals surface area contributed by atoms with Crippen molar-refractivity contribution in [1.82, 2.24) is 0 Å². The molecule has 2 heterocycles. The molecular formula is C19H16O2Se2. The van der Waals surface area contributed by atoms with Crippen LogP contribution in [0.25, 0.3) is 27.8 Å². The average Bonchev–Trinajstić information content (AvgIpc) is 3.09. The number of carbonyl (C=O) groups excluding carboxylic acids is 1. The second kappa shape index (κ2) is 5.96. The van der Waals surface area contributed by atoms with Crippen LogP contribution in [0.3, 0.4) is 0 Å². The summed E-state index contributed by atoms with van der Waals surface area (Å²) >= 11 is 0.697. The zero-order chi connectivity index (χ0) is 16.0. The van der Waals surface area contributed by atoms with Gasteiger partial charge in [0, 0.05) is 0 Å². The van der Waals surface area contributed by atoms with Gasteiger partial charge in [0.25, 0.3) is 0 Å². The molecule has 2 aromatic carbocycles. The first-order valence-electron chi connectivity index (χ1n) is 7.76. The molecule has 0 bridgehead atoms. The molecule has 0 N–H and O–H groups in total. The van der Waals surface area contributed by atoms with Gasteiger partial charge in [-0.2, -0.15) is 0 Å². The Balaban J connectivity index is 1.92. The fraction of sp³-hybridized carbons (Fsp3) is 0.211. The molecule has 0 spiro atoms. The molecule has 2 aromatic heterocycles. The first-order chi connectivity index (χ1) is 11.2. The van der Waals surface area contributed by atoms with E-state index in [1.807, 2.05) is 19.1 Å². The molecule has 0 atom stereocenters. The summed E-state index contributed by atoms with van der Waals surface area (Å²) in [5.74, 6) is -0.211. The van der Waals surface area contributed by atoms with Crippen LogP contribution in [0.2, 0.25) is 0 Å². The van der Waals surface area contributed by atoms with Crippen LogP contribution in [0.4, 0.5) is 0 Å². The van der Waals surface area contributed by atoms with E-state index in [4.69, 9.17) is 4.74 Å². The SMILES string of the molecule is CCOC(=O)c1ccc2c(c1)[se]c1c3ccc(CC)cc3[se]c21. The quantitative estimate of drug-likeness (QED) is 0.360. The Bertz CT molecular complexity index is 1040. The van der Waals surface area contributed by atoms with Crippen molar-refractivity contribution in [3.05, 3.63) is 47.5 Å². The van der Waals surface area contributed by atoms with Gasteiger partial charge in [-0.05, 0) is 0 Å². The van der Waals surface area contributed by atoms with Crippen molar-refractivity contribution in [1.29, 1.82) is 0 Å². The summed E-state index contributed by atoms with van der Waals surface area (Å²) in [6, 6.07) is 13.0. The molecule has 2 nitrogen and oxygen atoms in total. The molecule has 4 rings (SSSR count). The number of hydrogen-bond acceptors (Lipinski definition) is 2. The third-order valence-electron chi connectivity index (χ3n) is 4.07. The summed E-state index contributed by atoms with van der Waals surface area (Å²) in [7, 11) is 0. The van der Waals surface area contributed by atoms with Crippen LogP contribution in [-0.4, -0.2) is 41.6 Å². The third kappa shape index (κ3) is 2.51. The number of ether oxygens (including phenoxy) is 1. The van der Waals surface area contributed by atoms with Crippen LogP contribution in [-0.2, 0) is 11.2 Å². The summed E-state index contributed by atoms with van der Waals surface area (Å²) in [4.78, 5) is 11.9. The van der Waals surface area contributed by atoms with Crippen LogP contribution in [0.5, 0.6) is 0 Å². The van der Waals surface area contributed by atoms with Crippen molar-refractivity contribution in [2.75, 3.05) is 6.61 Å². The summed E-state index contributed by atoms with van der Waals surface area (Å²) < 4.78 is 11.1.